The fourth-order valence-corrected chi connectivity index (χ4v) is 1.19. The smallest absolute Gasteiger partial charge is 0.155 e. The number of Topliss-reactive ketones (excluding diaryl/α,β-unsaturated/α-hetero) is 1. The Morgan fingerprint density at radius 1 is 1.73 bits per heavy atom. The van der Waals surface area contributed by atoms with Crippen LogP contribution in [0.1, 0.15) is 26.2 Å². The van der Waals surface area contributed by atoms with Crippen LogP contribution in [0.3, 0.4) is 0 Å². The molecule has 1 rings (SSSR count). The normalized spacial score (nSPS) is 16.6. The zero-order valence-corrected chi connectivity index (χ0v) is 6.93. The van der Waals surface area contributed by atoms with Crippen LogP contribution in [0, 0.1) is 0 Å². The van der Waals surface area contributed by atoms with Crippen molar-refractivity contribution in [2.45, 2.75) is 26.2 Å². The minimum atomic E-state index is 0.101. The fourth-order valence-electron chi connectivity index (χ4n) is 1.19. The molecule has 0 radical (unpaired) electrons. The molecule has 0 bridgehead atoms. The van der Waals surface area contributed by atoms with Crippen LogP contribution in [0.4, 0.5) is 0 Å². The van der Waals surface area contributed by atoms with Crippen LogP contribution in [-0.2, 0) is 9.53 Å². The van der Waals surface area contributed by atoms with Gasteiger partial charge in [0.25, 0.3) is 0 Å². The zero-order chi connectivity index (χ0) is 8.10. The second kappa shape index (κ2) is 4.29. The van der Waals surface area contributed by atoms with Crippen molar-refractivity contribution in [3.63, 3.8) is 0 Å². The van der Waals surface area contributed by atoms with Gasteiger partial charge in [-0.1, -0.05) is 6.08 Å². The van der Waals surface area contributed by atoms with Gasteiger partial charge in [0.1, 0.15) is 6.61 Å². The Labute approximate surface area is 67.2 Å². The predicted octanol–water partition coefficient (Wildman–Crippen LogP) is 1.70. The van der Waals surface area contributed by atoms with Gasteiger partial charge in [-0.25, -0.2) is 0 Å². The van der Waals surface area contributed by atoms with E-state index in [0.29, 0.717) is 6.61 Å². The molecular formula is C9H14O2. The van der Waals surface area contributed by atoms with Crippen LogP contribution in [0.15, 0.2) is 11.6 Å². The van der Waals surface area contributed by atoms with Gasteiger partial charge >= 0.3 is 0 Å². The molecule has 2 nitrogen and oxygen atoms in total. The Morgan fingerprint density at radius 2 is 2.55 bits per heavy atom. The van der Waals surface area contributed by atoms with Gasteiger partial charge in [0.2, 0.25) is 0 Å². The summed E-state index contributed by atoms with van der Waals surface area (Å²) in [4.78, 5) is 10.5. The van der Waals surface area contributed by atoms with Gasteiger partial charge in [0.05, 0.1) is 6.61 Å². The Morgan fingerprint density at radius 3 is 3.09 bits per heavy atom. The van der Waals surface area contributed by atoms with Crippen LogP contribution >= 0.6 is 0 Å². The molecule has 11 heavy (non-hydrogen) atoms. The molecule has 0 amide bonds. The maximum absolute atomic E-state index is 10.5. The van der Waals surface area contributed by atoms with Gasteiger partial charge in [0.15, 0.2) is 5.78 Å². The van der Waals surface area contributed by atoms with Crippen molar-refractivity contribution in [2.24, 2.45) is 0 Å². The average Bonchev–Trinajstić information content (AvgIpc) is 2.39. The predicted molar refractivity (Wildman–Crippen MR) is 43.4 cm³/mol. The van der Waals surface area contributed by atoms with E-state index in [1.54, 1.807) is 6.92 Å². The van der Waals surface area contributed by atoms with Crippen LogP contribution < -0.4 is 0 Å². The third kappa shape index (κ3) is 3.33. The summed E-state index contributed by atoms with van der Waals surface area (Å²) in [5, 5.41) is 0. The van der Waals surface area contributed by atoms with Crippen LogP contribution in [0.25, 0.3) is 0 Å². The largest absolute Gasteiger partial charge is 0.369 e. The van der Waals surface area contributed by atoms with E-state index in [1.807, 2.05) is 0 Å². The second-order valence-corrected chi connectivity index (χ2v) is 2.95. The number of hydrogen-bond donors (Lipinski definition) is 0. The van der Waals surface area contributed by atoms with Gasteiger partial charge < -0.3 is 4.74 Å². The lowest BCUT2D eigenvalue weighted by Gasteiger charge is -2.01. The summed E-state index contributed by atoms with van der Waals surface area (Å²) in [6.07, 6.45) is 5.79. The molecule has 0 atom stereocenters. The van der Waals surface area contributed by atoms with E-state index in [0.717, 1.165) is 6.42 Å². The first-order valence-corrected chi connectivity index (χ1v) is 4.04. The van der Waals surface area contributed by atoms with Crippen molar-refractivity contribution in [1.82, 2.24) is 0 Å². The van der Waals surface area contributed by atoms with Crippen molar-refractivity contribution in [1.29, 1.82) is 0 Å². The summed E-state index contributed by atoms with van der Waals surface area (Å²) in [6, 6.07) is 0. The van der Waals surface area contributed by atoms with E-state index in [2.05, 4.69) is 6.08 Å². The second-order valence-electron chi connectivity index (χ2n) is 2.95. The Bertz CT molecular complexity index is 170. The van der Waals surface area contributed by atoms with Crippen LogP contribution in [-0.4, -0.2) is 19.0 Å². The molecule has 0 aromatic carbocycles. The molecular weight excluding hydrogens is 140 g/mol. The minimum Gasteiger partial charge on any atom is -0.369 e. The number of ketones is 1. The molecule has 0 aromatic heterocycles. The zero-order valence-electron chi connectivity index (χ0n) is 6.93. The first kappa shape index (κ1) is 8.47. The Kier molecular flexibility index (Phi) is 3.30. The number of carbonyl (C=O) groups is 1. The molecule has 0 fully saturated rings. The molecule has 0 saturated carbocycles. The van der Waals surface area contributed by atoms with E-state index in [9.17, 15) is 4.79 Å². The topological polar surface area (TPSA) is 26.3 Å². The molecule has 0 saturated heterocycles. The molecule has 0 aromatic rings. The lowest BCUT2D eigenvalue weighted by atomic mass is 10.2. The van der Waals surface area contributed by atoms with Gasteiger partial charge in [-0.2, -0.15) is 0 Å². The highest BCUT2D eigenvalue weighted by molar-refractivity contribution is 5.76. The molecule has 62 valence electrons. The van der Waals surface area contributed by atoms with E-state index in [4.69, 9.17) is 4.74 Å². The lowest BCUT2D eigenvalue weighted by Crippen LogP contribution is -2.05. The van der Waals surface area contributed by atoms with Gasteiger partial charge in [-0.3, -0.25) is 4.79 Å². The van der Waals surface area contributed by atoms with E-state index in [-0.39, 0.29) is 12.4 Å². The van der Waals surface area contributed by atoms with E-state index >= 15 is 0 Å². The van der Waals surface area contributed by atoms with E-state index in [1.165, 1.54) is 18.4 Å². The molecule has 0 aliphatic heterocycles. The van der Waals surface area contributed by atoms with Gasteiger partial charge in [0, 0.05) is 0 Å². The SMILES string of the molecule is CC(=O)COCC1=CCCC1. The number of ether oxygens (including phenoxy) is 1. The summed E-state index contributed by atoms with van der Waals surface area (Å²) >= 11 is 0. The maximum Gasteiger partial charge on any atom is 0.155 e. The van der Waals surface area contributed by atoms with Crippen LogP contribution in [0.2, 0.25) is 0 Å². The molecule has 0 heterocycles. The third-order valence-electron chi connectivity index (χ3n) is 1.73. The van der Waals surface area contributed by atoms with Gasteiger partial charge in [-0.05, 0) is 31.8 Å². The fraction of sp³-hybridized carbons (Fsp3) is 0.667. The monoisotopic (exact) mass is 154 g/mol. The molecule has 1 aliphatic carbocycles. The van der Waals surface area contributed by atoms with Crippen molar-refractivity contribution >= 4 is 5.78 Å². The quantitative estimate of drug-likeness (QED) is 0.576. The molecule has 0 unspecified atom stereocenters. The minimum absolute atomic E-state index is 0.101. The molecule has 0 N–H and O–H groups in total. The van der Waals surface area contributed by atoms with Crippen molar-refractivity contribution < 1.29 is 9.53 Å². The van der Waals surface area contributed by atoms with Gasteiger partial charge in [-0.15, -0.1) is 0 Å². The Balaban J connectivity index is 2.07. The summed E-state index contributed by atoms with van der Waals surface area (Å²) in [6.45, 7) is 2.46. The highest BCUT2D eigenvalue weighted by Crippen LogP contribution is 2.17. The summed E-state index contributed by atoms with van der Waals surface area (Å²) < 4.78 is 5.16. The molecule has 1 aliphatic rings. The standard InChI is InChI=1S/C9H14O2/c1-8(10)6-11-7-9-4-2-3-5-9/h4H,2-3,5-7H2,1H3. The number of hydrogen-bond acceptors (Lipinski definition) is 2. The number of carbonyl (C=O) groups excluding carboxylic acids is 1. The summed E-state index contributed by atoms with van der Waals surface area (Å²) in [5.74, 6) is 0.101. The number of allylic oxidation sites excluding steroid dienone is 1. The maximum atomic E-state index is 10.5. The first-order chi connectivity index (χ1) is 5.29. The van der Waals surface area contributed by atoms with Crippen molar-refractivity contribution in [3.8, 4) is 0 Å². The molecule has 0 spiro atoms. The van der Waals surface area contributed by atoms with Crippen molar-refractivity contribution in [3.05, 3.63) is 11.6 Å². The first-order valence-electron chi connectivity index (χ1n) is 4.04. The van der Waals surface area contributed by atoms with Crippen molar-refractivity contribution in [2.75, 3.05) is 13.2 Å². The highest BCUT2D eigenvalue weighted by Gasteiger charge is 2.04. The highest BCUT2D eigenvalue weighted by atomic mass is 16.5. The lowest BCUT2D eigenvalue weighted by molar-refractivity contribution is -0.121. The number of rotatable bonds is 4. The summed E-state index contributed by atoms with van der Waals surface area (Å²) in [5.41, 5.74) is 1.35. The van der Waals surface area contributed by atoms with E-state index < -0.39 is 0 Å². The molecule has 2 heteroatoms. The van der Waals surface area contributed by atoms with Crippen LogP contribution in [0.5, 0.6) is 0 Å². The Hall–Kier alpha value is -0.630. The summed E-state index contributed by atoms with van der Waals surface area (Å²) in [7, 11) is 0. The average molecular weight is 154 g/mol. The third-order valence-corrected chi connectivity index (χ3v) is 1.73.